The molecule has 0 atom stereocenters. The van der Waals surface area contributed by atoms with Crippen molar-refractivity contribution < 1.29 is 28.4 Å². The lowest BCUT2D eigenvalue weighted by molar-refractivity contribution is 0.00578. The molecule has 1 heterocycles. The summed E-state index contributed by atoms with van der Waals surface area (Å²) in [6.07, 6.45) is 1.23. The van der Waals surface area contributed by atoms with Gasteiger partial charge in [-0.1, -0.05) is 24.3 Å². The van der Waals surface area contributed by atoms with E-state index in [1.165, 1.54) is 7.11 Å². The highest BCUT2D eigenvalue weighted by Crippen LogP contribution is 2.38. The lowest BCUT2D eigenvalue weighted by atomic mass is 9.76. The van der Waals surface area contributed by atoms with Crippen LogP contribution in [0.2, 0.25) is 0 Å². The van der Waals surface area contributed by atoms with Crippen molar-refractivity contribution in [3.8, 4) is 0 Å². The lowest BCUT2D eigenvalue weighted by Gasteiger charge is -2.32. The average Bonchev–Trinajstić information content (AvgIpc) is 2.84. The number of nitrogens with one attached hydrogen (secondary N) is 1. The normalized spacial score (nSPS) is 18.1. The molecule has 0 spiro atoms. The van der Waals surface area contributed by atoms with Crippen molar-refractivity contribution >= 4 is 25.3 Å². The van der Waals surface area contributed by atoms with Gasteiger partial charge in [-0.2, -0.15) is 0 Å². The molecule has 1 saturated heterocycles. The van der Waals surface area contributed by atoms with Crippen LogP contribution in [0.25, 0.3) is 6.08 Å². The Bertz CT molecular complexity index is 809. The smallest absolute Gasteiger partial charge is 0.465 e. The van der Waals surface area contributed by atoms with E-state index in [1.54, 1.807) is 45.0 Å². The Hall–Kier alpha value is -2.32. The Morgan fingerprint density at radius 1 is 1.10 bits per heavy atom. The highest BCUT2D eigenvalue weighted by Gasteiger charge is 2.52. The van der Waals surface area contributed by atoms with E-state index in [0.29, 0.717) is 16.6 Å². The van der Waals surface area contributed by atoms with Crippen molar-refractivity contribution in [2.24, 2.45) is 0 Å². The molecule has 0 saturated carbocycles. The third-order valence-electron chi connectivity index (χ3n) is 5.10. The van der Waals surface area contributed by atoms with Gasteiger partial charge in [0.1, 0.15) is 5.60 Å². The Kier molecular flexibility index (Phi) is 7.04. The molecular formula is C22H32BNO6. The molecule has 1 aliphatic rings. The van der Waals surface area contributed by atoms with Crippen molar-refractivity contribution in [3.63, 3.8) is 0 Å². The molecule has 1 N–H and O–H groups in total. The van der Waals surface area contributed by atoms with E-state index in [9.17, 15) is 9.59 Å². The minimum Gasteiger partial charge on any atom is -0.465 e. The number of carbonyl (C=O) groups is 2. The van der Waals surface area contributed by atoms with Gasteiger partial charge in [0.05, 0.1) is 23.9 Å². The molecule has 2 rings (SSSR count). The van der Waals surface area contributed by atoms with Gasteiger partial charge < -0.3 is 24.1 Å². The molecule has 1 amide bonds. The molecule has 1 aromatic rings. The molecule has 0 aromatic heterocycles. The minimum atomic E-state index is -0.698. The summed E-state index contributed by atoms with van der Waals surface area (Å²) < 4.78 is 22.5. The van der Waals surface area contributed by atoms with E-state index >= 15 is 0 Å². The summed E-state index contributed by atoms with van der Waals surface area (Å²) in [7, 11) is 0.637. The van der Waals surface area contributed by atoms with Crippen molar-refractivity contribution in [1.29, 1.82) is 0 Å². The molecule has 164 valence electrons. The number of methoxy groups -OCH3 is 1. The zero-order chi connectivity index (χ0) is 22.7. The molecule has 0 radical (unpaired) electrons. The van der Waals surface area contributed by atoms with Gasteiger partial charge in [0.2, 0.25) is 0 Å². The quantitative estimate of drug-likeness (QED) is 0.576. The van der Waals surface area contributed by atoms with Gasteiger partial charge in [-0.25, -0.2) is 9.59 Å². The molecule has 1 aliphatic heterocycles. The van der Waals surface area contributed by atoms with Gasteiger partial charge in [0, 0.05) is 6.54 Å². The highest BCUT2D eigenvalue weighted by molar-refractivity contribution is 6.56. The van der Waals surface area contributed by atoms with Crippen LogP contribution in [-0.2, 0) is 18.8 Å². The SMILES string of the molecule is COC(=O)c1ccccc1C=C(CNC(=O)OC(C)(C)C)B1OC(C)(C)C(C)(C)O1. The predicted molar refractivity (Wildman–Crippen MR) is 116 cm³/mol. The summed E-state index contributed by atoms with van der Waals surface area (Å²) in [5.41, 5.74) is -0.0209. The first-order valence-corrected chi connectivity index (χ1v) is 9.96. The number of hydrogen-bond acceptors (Lipinski definition) is 6. The summed E-state index contributed by atoms with van der Waals surface area (Å²) in [6.45, 7) is 13.3. The van der Waals surface area contributed by atoms with Crippen LogP contribution in [0.5, 0.6) is 0 Å². The number of hydrogen-bond donors (Lipinski definition) is 1. The molecule has 0 bridgehead atoms. The number of benzene rings is 1. The van der Waals surface area contributed by atoms with Crippen LogP contribution in [0.3, 0.4) is 0 Å². The average molecular weight is 417 g/mol. The second-order valence-electron chi connectivity index (χ2n) is 9.24. The lowest BCUT2D eigenvalue weighted by Crippen LogP contribution is -2.41. The third-order valence-corrected chi connectivity index (χ3v) is 5.10. The molecule has 1 aromatic carbocycles. The van der Waals surface area contributed by atoms with Crippen molar-refractivity contribution in [2.75, 3.05) is 13.7 Å². The fourth-order valence-electron chi connectivity index (χ4n) is 2.80. The number of carbonyl (C=O) groups excluding carboxylic acids is 2. The Morgan fingerprint density at radius 3 is 2.20 bits per heavy atom. The number of rotatable bonds is 5. The molecule has 30 heavy (non-hydrogen) atoms. The van der Waals surface area contributed by atoms with E-state index in [4.69, 9.17) is 18.8 Å². The maximum atomic E-state index is 12.2. The molecule has 8 heteroatoms. The first-order valence-electron chi connectivity index (χ1n) is 9.96. The zero-order valence-electron chi connectivity index (χ0n) is 19.1. The Labute approximate surface area is 179 Å². The molecule has 0 aliphatic carbocycles. The highest BCUT2D eigenvalue weighted by atomic mass is 16.7. The second-order valence-corrected chi connectivity index (χ2v) is 9.24. The number of esters is 1. The van der Waals surface area contributed by atoms with Crippen LogP contribution in [0.15, 0.2) is 29.7 Å². The van der Waals surface area contributed by atoms with Crippen LogP contribution < -0.4 is 5.32 Å². The van der Waals surface area contributed by atoms with Crippen molar-refractivity contribution in [3.05, 3.63) is 40.9 Å². The van der Waals surface area contributed by atoms with Crippen molar-refractivity contribution in [1.82, 2.24) is 5.32 Å². The number of alkyl carbamates (subject to hydrolysis) is 1. The monoisotopic (exact) mass is 417 g/mol. The van der Waals surface area contributed by atoms with Crippen LogP contribution in [0, 0.1) is 0 Å². The summed E-state index contributed by atoms with van der Waals surface area (Å²) in [6, 6.07) is 7.06. The Morgan fingerprint density at radius 2 is 1.67 bits per heavy atom. The fourth-order valence-corrected chi connectivity index (χ4v) is 2.80. The first kappa shape index (κ1) is 24.0. The van der Waals surface area contributed by atoms with Gasteiger partial charge in [-0.05, 0) is 65.6 Å². The van der Waals surface area contributed by atoms with Crippen LogP contribution in [0.1, 0.15) is 64.4 Å². The summed E-state index contributed by atoms with van der Waals surface area (Å²) in [4.78, 5) is 24.4. The van der Waals surface area contributed by atoms with Gasteiger partial charge in [0.15, 0.2) is 0 Å². The van der Waals surface area contributed by atoms with Gasteiger partial charge in [0.25, 0.3) is 0 Å². The van der Waals surface area contributed by atoms with Crippen molar-refractivity contribution in [2.45, 2.75) is 65.3 Å². The third kappa shape index (κ3) is 5.86. The van der Waals surface area contributed by atoms with Crippen LogP contribution in [-0.4, -0.2) is 49.6 Å². The molecule has 1 fully saturated rings. The van der Waals surface area contributed by atoms with Gasteiger partial charge in [-0.3, -0.25) is 0 Å². The maximum Gasteiger partial charge on any atom is 0.492 e. The summed E-state index contributed by atoms with van der Waals surface area (Å²) in [5.74, 6) is -0.449. The maximum absolute atomic E-state index is 12.2. The van der Waals surface area contributed by atoms with Crippen LogP contribution >= 0.6 is 0 Å². The molecule has 0 unspecified atom stereocenters. The van der Waals surface area contributed by atoms with Crippen LogP contribution in [0.4, 0.5) is 4.79 Å². The largest absolute Gasteiger partial charge is 0.492 e. The minimum absolute atomic E-state index is 0.126. The van der Waals surface area contributed by atoms with Gasteiger partial charge in [-0.15, -0.1) is 0 Å². The molecular weight excluding hydrogens is 385 g/mol. The van der Waals surface area contributed by atoms with E-state index in [2.05, 4.69) is 5.32 Å². The van der Waals surface area contributed by atoms with E-state index in [-0.39, 0.29) is 6.54 Å². The molecule has 7 nitrogen and oxygen atoms in total. The van der Waals surface area contributed by atoms with E-state index in [1.807, 2.05) is 33.8 Å². The number of amides is 1. The van der Waals surface area contributed by atoms with Gasteiger partial charge >= 0.3 is 19.2 Å². The second kappa shape index (κ2) is 8.82. The number of ether oxygens (including phenoxy) is 2. The zero-order valence-corrected chi connectivity index (χ0v) is 19.1. The first-order chi connectivity index (χ1) is 13.8. The van der Waals surface area contributed by atoms with E-state index in [0.717, 1.165) is 0 Å². The Balaban J connectivity index is 2.37. The van der Waals surface area contributed by atoms with E-state index < -0.39 is 36.0 Å². The predicted octanol–water partition coefficient (Wildman–Crippen LogP) is 4.01. The summed E-state index contributed by atoms with van der Waals surface area (Å²) >= 11 is 0. The fraction of sp³-hybridized carbons (Fsp3) is 0.545. The standard InChI is InChI=1S/C22H32BNO6/c1-20(2,3)28-19(26)24-14-16(23-29-21(4,5)22(6,7)30-23)13-15-11-9-10-12-17(15)18(25)27-8/h9-13H,14H2,1-8H3,(H,24,26). The topological polar surface area (TPSA) is 83.1 Å². The summed E-state index contributed by atoms with van der Waals surface area (Å²) in [5, 5.41) is 2.75.